The number of likely N-dealkylation sites (N-methyl/N-ethyl adjacent to an activating group) is 1. The van der Waals surface area contributed by atoms with Crippen molar-refractivity contribution in [1.29, 1.82) is 0 Å². The number of phosphoric acid groups is 1. The molecule has 0 rings (SSSR count). The number of hydrogen-bond acceptors (Lipinski definition) is 7. The first kappa shape index (κ1) is 87.5. The molecule has 526 valence electrons. The van der Waals surface area contributed by atoms with E-state index in [0.29, 0.717) is 17.4 Å². The second-order valence-electron chi connectivity index (χ2n) is 27.5. The second kappa shape index (κ2) is 69.3. The maximum Gasteiger partial charge on any atom is 0.306 e. The van der Waals surface area contributed by atoms with Gasteiger partial charge in [0.2, 0.25) is 5.91 Å². The molecule has 1 N–H and O–H groups in total. The number of carbonyl (C=O) groups is 2. The SMILES string of the molecule is CCCCC/C=C\C/C=C\C/C=C\C/C=C\CCCCCCCCCCCC(=O)OC(/C=C/CCCCCCCCCCCC)C(COP(=O)([O-])OCC[N+](C)(C)C)NC(=O)CCCCCCCCCCCCCCCCCCC/C=C/CCCCCCCC. The van der Waals surface area contributed by atoms with Crippen molar-refractivity contribution in [2.24, 2.45) is 0 Å². The number of unbranched alkanes of at least 4 members (excludes halogenated alkanes) is 45. The minimum absolute atomic E-state index is 0.0236. The van der Waals surface area contributed by atoms with Gasteiger partial charge in [-0.15, -0.1) is 0 Å². The zero-order valence-electron chi connectivity index (χ0n) is 60.3. The van der Waals surface area contributed by atoms with Gasteiger partial charge < -0.3 is 28.5 Å². The summed E-state index contributed by atoms with van der Waals surface area (Å²) >= 11 is 0. The number of ether oxygens (including phenoxy) is 1. The van der Waals surface area contributed by atoms with E-state index in [1.807, 2.05) is 33.3 Å². The molecule has 9 nitrogen and oxygen atoms in total. The fraction of sp³-hybridized carbons (Fsp3) is 0.825. The lowest BCUT2D eigenvalue weighted by Gasteiger charge is -2.30. The molecule has 0 spiro atoms. The summed E-state index contributed by atoms with van der Waals surface area (Å²) in [6, 6.07) is -0.893. The molecule has 90 heavy (non-hydrogen) atoms. The van der Waals surface area contributed by atoms with Crippen molar-refractivity contribution in [2.45, 2.75) is 386 Å². The van der Waals surface area contributed by atoms with E-state index in [0.717, 1.165) is 89.9 Å². The molecular weight excluding hydrogens is 1130 g/mol. The monoisotopic (exact) mass is 1280 g/mol. The maximum atomic E-state index is 13.6. The Morgan fingerprint density at radius 3 is 1.04 bits per heavy atom. The molecule has 0 saturated carbocycles. The number of nitrogens with one attached hydrogen (secondary N) is 1. The number of amides is 1. The van der Waals surface area contributed by atoms with Crippen LogP contribution >= 0.6 is 7.82 Å². The third-order valence-corrected chi connectivity index (χ3v) is 18.3. The lowest BCUT2D eigenvalue weighted by atomic mass is 10.0. The van der Waals surface area contributed by atoms with Crippen molar-refractivity contribution in [3.63, 3.8) is 0 Å². The molecule has 0 saturated heterocycles. The molecule has 0 aromatic heterocycles. The molecule has 0 fully saturated rings. The number of esters is 1. The highest BCUT2D eigenvalue weighted by molar-refractivity contribution is 7.45. The Labute approximate surface area is 559 Å². The number of rotatable bonds is 71. The van der Waals surface area contributed by atoms with Crippen LogP contribution in [0.1, 0.15) is 374 Å². The van der Waals surface area contributed by atoms with Gasteiger partial charge in [-0.25, -0.2) is 0 Å². The first-order chi connectivity index (χ1) is 43.9. The number of allylic oxidation sites excluding steroid dienone is 11. The zero-order chi connectivity index (χ0) is 65.6. The molecule has 3 atom stereocenters. The Morgan fingerprint density at radius 2 is 0.678 bits per heavy atom. The predicted molar refractivity (Wildman–Crippen MR) is 390 cm³/mol. The number of nitrogens with zero attached hydrogens (tertiary/aromatic N) is 1. The highest BCUT2D eigenvalue weighted by Gasteiger charge is 2.27. The van der Waals surface area contributed by atoms with E-state index in [1.54, 1.807) is 0 Å². The fourth-order valence-electron chi connectivity index (χ4n) is 11.4. The minimum atomic E-state index is -4.71. The maximum absolute atomic E-state index is 13.6. The van der Waals surface area contributed by atoms with Gasteiger partial charge in [-0.3, -0.25) is 14.2 Å². The zero-order valence-corrected chi connectivity index (χ0v) is 61.2. The van der Waals surface area contributed by atoms with Gasteiger partial charge in [0.25, 0.3) is 7.82 Å². The number of carbonyl (C=O) groups excluding carboxylic acids is 2. The predicted octanol–water partition coefficient (Wildman–Crippen LogP) is 24.4. The van der Waals surface area contributed by atoms with Crippen molar-refractivity contribution >= 4 is 19.7 Å². The van der Waals surface area contributed by atoms with E-state index in [4.69, 9.17) is 13.8 Å². The largest absolute Gasteiger partial charge is 0.756 e. The molecule has 0 aliphatic rings. The molecule has 0 aliphatic carbocycles. The summed E-state index contributed by atoms with van der Waals surface area (Å²) in [7, 11) is 1.19. The molecule has 0 radical (unpaired) electrons. The van der Waals surface area contributed by atoms with Crippen LogP contribution in [0.4, 0.5) is 0 Å². The van der Waals surface area contributed by atoms with E-state index in [-0.39, 0.29) is 31.5 Å². The lowest BCUT2D eigenvalue weighted by molar-refractivity contribution is -0.870. The number of hydrogen-bond donors (Lipinski definition) is 1. The third kappa shape index (κ3) is 69.8. The topological polar surface area (TPSA) is 114 Å². The van der Waals surface area contributed by atoms with Gasteiger partial charge in [0.15, 0.2) is 0 Å². The highest BCUT2D eigenvalue weighted by atomic mass is 31.2. The molecule has 0 aliphatic heterocycles. The van der Waals surface area contributed by atoms with Gasteiger partial charge >= 0.3 is 5.97 Å². The van der Waals surface area contributed by atoms with Crippen LogP contribution in [0.25, 0.3) is 0 Å². The minimum Gasteiger partial charge on any atom is -0.756 e. The smallest absolute Gasteiger partial charge is 0.306 e. The van der Waals surface area contributed by atoms with Crippen LogP contribution in [0.2, 0.25) is 0 Å². The summed E-state index contributed by atoms with van der Waals surface area (Å²) in [6.45, 7) is 6.86. The Kier molecular flexibility index (Phi) is 67.3. The van der Waals surface area contributed by atoms with Crippen molar-refractivity contribution in [3.8, 4) is 0 Å². The summed E-state index contributed by atoms with van der Waals surface area (Å²) in [5, 5.41) is 3.05. The van der Waals surface area contributed by atoms with E-state index >= 15 is 0 Å². The standard InChI is InChI=1S/C80H149N2O7P/c1-7-10-13-16-19-22-25-28-30-32-34-36-38-40-41-43-44-46-48-50-52-54-57-60-63-66-69-72-79(83)81-77(76-88-90(85,86)87-75-74-82(4,5)6)78(71-68-65-62-59-56-27-24-21-18-15-12-9-3)89-80(84)73-70-67-64-61-58-55-53-51-49-47-45-42-39-37-35-33-31-29-26-23-20-17-14-11-8-2/h20,23,28-31,35,37,42,45,68,71,77-78H,7-19,21-22,24-27,32-34,36,38-41,43-44,46-67,69-70,72-76H2,1-6H3,(H-,81,83,85,86)/b23-20-,30-28+,31-29-,37-35-,45-42-,71-68+. The third-order valence-electron chi connectivity index (χ3n) is 17.4. The Balaban J connectivity index is 4.96. The molecule has 0 bridgehead atoms. The molecule has 0 heterocycles. The van der Waals surface area contributed by atoms with Gasteiger partial charge in [-0.05, 0) is 102 Å². The molecule has 0 aromatic rings. The van der Waals surface area contributed by atoms with Gasteiger partial charge in [-0.2, -0.15) is 0 Å². The summed E-state index contributed by atoms with van der Waals surface area (Å²) in [5.74, 6) is -0.534. The van der Waals surface area contributed by atoms with Gasteiger partial charge in [0, 0.05) is 12.8 Å². The van der Waals surface area contributed by atoms with Crippen LogP contribution in [-0.2, 0) is 27.9 Å². The summed E-state index contributed by atoms with van der Waals surface area (Å²) < 4.78 is 30.5. The number of phosphoric ester groups is 1. The Morgan fingerprint density at radius 1 is 0.389 bits per heavy atom. The molecular formula is C80H149N2O7P. The van der Waals surface area contributed by atoms with Crippen LogP contribution in [0, 0.1) is 0 Å². The fourth-order valence-corrected chi connectivity index (χ4v) is 12.1. The first-order valence-electron chi connectivity index (χ1n) is 38.7. The van der Waals surface area contributed by atoms with Gasteiger partial charge in [-0.1, -0.05) is 332 Å². The highest BCUT2D eigenvalue weighted by Crippen LogP contribution is 2.38. The van der Waals surface area contributed by atoms with E-state index in [9.17, 15) is 19.0 Å². The van der Waals surface area contributed by atoms with Crippen molar-refractivity contribution in [1.82, 2.24) is 5.32 Å². The van der Waals surface area contributed by atoms with Crippen LogP contribution in [0.5, 0.6) is 0 Å². The molecule has 3 unspecified atom stereocenters. The Bertz CT molecular complexity index is 1770. The van der Waals surface area contributed by atoms with E-state index < -0.39 is 20.0 Å². The summed E-state index contributed by atoms with van der Waals surface area (Å²) in [4.78, 5) is 40.3. The molecule has 10 heteroatoms. The Hall–Kier alpha value is -2.55. The summed E-state index contributed by atoms with van der Waals surface area (Å²) in [5.41, 5.74) is 0. The number of quaternary nitrogens is 1. The van der Waals surface area contributed by atoms with Crippen molar-refractivity contribution in [2.75, 3.05) is 40.9 Å². The average molecular weight is 1280 g/mol. The van der Waals surface area contributed by atoms with Crippen LogP contribution in [0.15, 0.2) is 72.9 Å². The molecule has 1 amide bonds. The summed E-state index contributed by atoms with van der Waals surface area (Å²) in [6.07, 6.45) is 91.8. The average Bonchev–Trinajstić information content (AvgIpc) is 3.11. The van der Waals surface area contributed by atoms with Crippen LogP contribution < -0.4 is 10.2 Å². The lowest BCUT2D eigenvalue weighted by Crippen LogP contribution is -2.47. The second-order valence-corrected chi connectivity index (χ2v) is 28.9. The van der Waals surface area contributed by atoms with E-state index in [2.05, 4.69) is 86.8 Å². The quantitative estimate of drug-likeness (QED) is 0.0212. The normalized spacial score (nSPS) is 13.8. The molecule has 0 aromatic carbocycles. The van der Waals surface area contributed by atoms with Gasteiger partial charge in [0.1, 0.15) is 19.3 Å². The van der Waals surface area contributed by atoms with Crippen LogP contribution in [0.3, 0.4) is 0 Å². The van der Waals surface area contributed by atoms with E-state index in [1.165, 1.54) is 250 Å². The van der Waals surface area contributed by atoms with Gasteiger partial charge in [0.05, 0.1) is 33.8 Å². The van der Waals surface area contributed by atoms with Crippen molar-refractivity contribution in [3.05, 3.63) is 72.9 Å². The first-order valence-corrected chi connectivity index (χ1v) is 40.2. The van der Waals surface area contributed by atoms with Crippen LogP contribution in [-0.4, -0.2) is 69.4 Å². The van der Waals surface area contributed by atoms with Crippen molar-refractivity contribution < 1.29 is 37.3 Å².